The second-order valence-electron chi connectivity index (χ2n) is 9.38. The van der Waals surface area contributed by atoms with E-state index in [0.717, 1.165) is 56.0 Å². The van der Waals surface area contributed by atoms with Gasteiger partial charge in [-0.1, -0.05) is 0 Å². The lowest BCUT2D eigenvalue weighted by Gasteiger charge is -2.40. The highest BCUT2D eigenvalue weighted by Gasteiger charge is 2.39. The first-order valence-corrected chi connectivity index (χ1v) is 11.9. The van der Waals surface area contributed by atoms with Gasteiger partial charge in [-0.25, -0.2) is 19.2 Å². The van der Waals surface area contributed by atoms with Crippen molar-refractivity contribution < 1.29 is 13.6 Å². The molecule has 0 saturated carbocycles. The Bertz CT molecular complexity index is 816. The van der Waals surface area contributed by atoms with Crippen LogP contribution in [0.2, 0.25) is 0 Å². The lowest BCUT2D eigenvalue weighted by Crippen LogP contribution is -2.57. The Balaban J connectivity index is 1.42. The Hall–Kier alpha value is -2.08. The molecule has 2 saturated heterocycles. The van der Waals surface area contributed by atoms with Crippen LogP contribution in [0.15, 0.2) is 28.7 Å². The lowest BCUT2D eigenvalue weighted by molar-refractivity contribution is -0.137. The molecule has 4 aliphatic rings. The number of hydrogen-bond donors (Lipinski definition) is 4. The average molecular weight is 467 g/mol. The number of nitrogens with zero attached hydrogens (tertiary/aromatic N) is 4. The summed E-state index contributed by atoms with van der Waals surface area (Å²) in [4.78, 5) is 22.1. The second-order valence-corrected chi connectivity index (χ2v) is 9.38. The van der Waals surface area contributed by atoms with Crippen LogP contribution in [0.25, 0.3) is 0 Å². The predicted octanol–water partition coefficient (Wildman–Crippen LogP) is 0.319. The molecule has 4 unspecified atom stereocenters. The minimum absolute atomic E-state index is 0.0306. The number of piperidine rings is 1. The molecule has 0 aromatic heterocycles. The number of hydrazine groups is 1. The monoisotopic (exact) mass is 466 g/mol. The van der Waals surface area contributed by atoms with Crippen LogP contribution in [0, 0.1) is 0 Å². The molecule has 0 aromatic rings. The number of amidine groups is 1. The molecule has 0 aliphatic carbocycles. The Morgan fingerprint density at radius 2 is 2.15 bits per heavy atom. The molecule has 0 bridgehead atoms. The van der Waals surface area contributed by atoms with E-state index in [1.54, 1.807) is 0 Å². The first-order chi connectivity index (χ1) is 15.8. The van der Waals surface area contributed by atoms with Gasteiger partial charge in [0, 0.05) is 37.4 Å². The number of fused-ring (bicyclic) bond motifs is 1. The number of nitrogens with two attached hydrogens (primary N) is 2. The molecule has 4 rings (SSSR count). The molecular weight excluding hydrogens is 430 g/mol. The number of halogens is 2. The van der Waals surface area contributed by atoms with Crippen LogP contribution in [0.1, 0.15) is 39.0 Å². The van der Waals surface area contributed by atoms with E-state index >= 15 is 0 Å². The van der Waals surface area contributed by atoms with Crippen LogP contribution in [0.5, 0.6) is 0 Å². The van der Waals surface area contributed by atoms with E-state index in [2.05, 4.69) is 21.7 Å². The van der Waals surface area contributed by atoms with Crippen LogP contribution in [-0.2, 0) is 4.79 Å². The Kier molecular flexibility index (Phi) is 7.62. The van der Waals surface area contributed by atoms with Crippen molar-refractivity contribution in [1.82, 2.24) is 25.6 Å². The molecule has 9 nitrogen and oxygen atoms in total. The summed E-state index contributed by atoms with van der Waals surface area (Å²) >= 11 is 0. The Morgan fingerprint density at radius 1 is 1.33 bits per heavy atom. The zero-order valence-corrected chi connectivity index (χ0v) is 19.2. The van der Waals surface area contributed by atoms with Crippen molar-refractivity contribution >= 4 is 11.7 Å². The zero-order valence-electron chi connectivity index (χ0n) is 19.2. The van der Waals surface area contributed by atoms with E-state index in [9.17, 15) is 13.6 Å². The van der Waals surface area contributed by atoms with Gasteiger partial charge < -0.3 is 26.6 Å². The zero-order chi connectivity index (χ0) is 23.5. The normalized spacial score (nSPS) is 28.6. The third-order valence-corrected chi connectivity index (χ3v) is 6.78. The van der Waals surface area contributed by atoms with E-state index < -0.39 is 12.5 Å². The van der Waals surface area contributed by atoms with Gasteiger partial charge in [0.15, 0.2) is 0 Å². The van der Waals surface area contributed by atoms with Gasteiger partial charge in [-0.3, -0.25) is 9.80 Å². The van der Waals surface area contributed by atoms with Crippen LogP contribution < -0.4 is 22.2 Å². The van der Waals surface area contributed by atoms with E-state index in [1.165, 1.54) is 0 Å². The fourth-order valence-electron chi connectivity index (χ4n) is 5.05. The molecule has 0 spiro atoms. The van der Waals surface area contributed by atoms with Crippen molar-refractivity contribution in [2.45, 2.75) is 69.6 Å². The minimum Gasteiger partial charge on any atom is -0.355 e. The van der Waals surface area contributed by atoms with Gasteiger partial charge in [-0.15, -0.1) is 0 Å². The van der Waals surface area contributed by atoms with Crippen LogP contribution in [-0.4, -0.2) is 89.9 Å². The maximum absolute atomic E-state index is 13.1. The van der Waals surface area contributed by atoms with E-state index in [4.69, 9.17) is 16.5 Å². The second kappa shape index (κ2) is 10.5. The van der Waals surface area contributed by atoms with Gasteiger partial charge in [0.1, 0.15) is 11.7 Å². The summed E-state index contributed by atoms with van der Waals surface area (Å²) in [6.45, 7) is 4.32. The molecule has 184 valence electrons. The molecule has 2 fully saturated rings. The van der Waals surface area contributed by atoms with Crippen LogP contribution in [0.4, 0.5) is 8.78 Å². The topological polar surface area (TPSA) is 115 Å². The summed E-state index contributed by atoms with van der Waals surface area (Å²) in [5, 5.41) is 4.58. The number of alkyl halides is 2. The quantitative estimate of drug-likeness (QED) is 0.400. The van der Waals surface area contributed by atoms with Gasteiger partial charge in [-0.2, -0.15) is 0 Å². The molecular formula is C22H36F2N8O. The molecule has 4 aliphatic heterocycles. The van der Waals surface area contributed by atoms with Gasteiger partial charge in [-0.05, 0) is 51.6 Å². The molecule has 33 heavy (non-hydrogen) atoms. The summed E-state index contributed by atoms with van der Waals surface area (Å²) in [5.41, 5.74) is 16.8. The molecule has 0 radical (unpaired) electrons. The number of hydrogen-bond acceptors (Lipinski definition) is 8. The molecule has 11 heteroatoms. The minimum atomic E-state index is -2.41. The van der Waals surface area contributed by atoms with Gasteiger partial charge in [0.25, 0.3) is 6.43 Å². The van der Waals surface area contributed by atoms with Crippen molar-refractivity contribution in [3.63, 3.8) is 0 Å². The summed E-state index contributed by atoms with van der Waals surface area (Å²) < 4.78 is 24.6. The third kappa shape index (κ3) is 5.53. The fourth-order valence-corrected chi connectivity index (χ4v) is 5.05. The number of carbonyl (C=O) groups excluding carboxylic acids is 1. The smallest absolute Gasteiger partial charge is 0.250 e. The van der Waals surface area contributed by atoms with E-state index in [0.29, 0.717) is 13.0 Å². The molecule has 1 amide bonds. The SMILES string of the molecule is CC1=CN2NC(C3CCCCN3C(=O)C(N)CCNCC(F)F)C=C2N=C1N1CCC(N)C1. The van der Waals surface area contributed by atoms with Gasteiger partial charge in [0.05, 0.1) is 24.7 Å². The van der Waals surface area contributed by atoms with Crippen molar-refractivity contribution in [2.75, 3.05) is 32.7 Å². The van der Waals surface area contributed by atoms with Crippen molar-refractivity contribution in [3.05, 3.63) is 23.7 Å². The van der Waals surface area contributed by atoms with Crippen molar-refractivity contribution in [1.29, 1.82) is 0 Å². The first kappa shape index (κ1) is 24.1. The fraction of sp³-hybridized carbons (Fsp3) is 0.727. The van der Waals surface area contributed by atoms with Crippen LogP contribution >= 0.6 is 0 Å². The van der Waals surface area contributed by atoms with E-state index in [1.807, 2.05) is 23.0 Å². The number of nitrogens with one attached hydrogen (secondary N) is 2. The maximum atomic E-state index is 13.1. The third-order valence-electron chi connectivity index (χ3n) is 6.78. The highest BCUT2D eigenvalue weighted by molar-refractivity contribution is 5.99. The summed E-state index contributed by atoms with van der Waals surface area (Å²) in [6.07, 6.45) is 5.86. The number of rotatable bonds is 7. The lowest BCUT2D eigenvalue weighted by atomic mass is 9.94. The Morgan fingerprint density at radius 3 is 2.88 bits per heavy atom. The number of amides is 1. The predicted molar refractivity (Wildman–Crippen MR) is 123 cm³/mol. The van der Waals surface area contributed by atoms with Crippen LogP contribution in [0.3, 0.4) is 0 Å². The molecule has 6 N–H and O–H groups in total. The number of likely N-dealkylation sites (tertiary alicyclic amines) is 2. The largest absolute Gasteiger partial charge is 0.355 e. The van der Waals surface area contributed by atoms with Gasteiger partial charge in [0.2, 0.25) is 5.91 Å². The van der Waals surface area contributed by atoms with Crippen molar-refractivity contribution in [2.24, 2.45) is 16.5 Å². The summed E-state index contributed by atoms with van der Waals surface area (Å²) in [7, 11) is 0. The molecule has 4 atom stereocenters. The standard InChI is InChI=1S/C22H36F2N8O/c1-14-12-32-20(28-21(14)30-9-6-15(25)13-30)10-17(29-32)18-4-2-3-8-31(18)22(33)16(26)5-7-27-11-19(23)24/h10,12,15-19,27,29H,2-9,11,13,25-26H2,1H3. The highest BCUT2D eigenvalue weighted by Crippen LogP contribution is 2.29. The average Bonchev–Trinajstić information content (AvgIpc) is 3.41. The summed E-state index contributed by atoms with van der Waals surface area (Å²) in [6, 6.07) is -0.629. The summed E-state index contributed by atoms with van der Waals surface area (Å²) in [5.74, 6) is 1.67. The van der Waals surface area contributed by atoms with Crippen molar-refractivity contribution in [3.8, 4) is 0 Å². The van der Waals surface area contributed by atoms with E-state index in [-0.39, 0.29) is 37.1 Å². The molecule has 0 aromatic carbocycles. The van der Waals surface area contributed by atoms with Gasteiger partial charge >= 0.3 is 0 Å². The molecule has 4 heterocycles. The number of carbonyl (C=O) groups is 1. The Labute approximate surface area is 193 Å². The highest BCUT2D eigenvalue weighted by atomic mass is 19.3. The maximum Gasteiger partial charge on any atom is 0.250 e. The number of aliphatic imine (C=N–C) groups is 1. The first-order valence-electron chi connectivity index (χ1n) is 11.9.